The van der Waals surface area contributed by atoms with Crippen molar-refractivity contribution in [2.24, 2.45) is 0 Å². The molecule has 0 aliphatic carbocycles. The van der Waals surface area contributed by atoms with Crippen LogP contribution in [0.3, 0.4) is 0 Å². The molecule has 0 saturated carbocycles. The molecule has 0 unspecified atom stereocenters. The van der Waals surface area contributed by atoms with Gasteiger partial charge in [0.15, 0.2) is 23.1 Å². The number of hydrogen-bond donors (Lipinski definition) is 0. The molecule has 0 atom stereocenters. The van der Waals surface area contributed by atoms with Crippen molar-refractivity contribution >= 4 is 5.97 Å². The van der Waals surface area contributed by atoms with Crippen molar-refractivity contribution in [3.05, 3.63) is 107 Å². The zero-order valence-corrected chi connectivity index (χ0v) is 18.9. The summed E-state index contributed by atoms with van der Waals surface area (Å²) >= 11 is 0. The Morgan fingerprint density at radius 3 is 1.69 bits per heavy atom. The summed E-state index contributed by atoms with van der Waals surface area (Å²) in [6.45, 7) is 3.66. The maximum atomic E-state index is 14.9. The molecule has 0 amide bonds. The van der Waals surface area contributed by atoms with Gasteiger partial charge in [-0.3, -0.25) is 0 Å². The Labute approximate surface area is 199 Å². The average molecular weight is 480 g/mol. The lowest BCUT2D eigenvalue weighted by molar-refractivity contribution is 0.0726. The van der Waals surface area contributed by atoms with Crippen LogP contribution in [0.4, 0.5) is 17.6 Å². The molecular weight excluding hydrogens is 460 g/mol. The van der Waals surface area contributed by atoms with E-state index in [0.717, 1.165) is 17.7 Å². The molecule has 35 heavy (non-hydrogen) atoms. The summed E-state index contributed by atoms with van der Waals surface area (Å²) < 4.78 is 67.8. The van der Waals surface area contributed by atoms with Crippen LogP contribution in [-0.4, -0.2) is 12.6 Å². The molecule has 0 heterocycles. The molecule has 0 radical (unpaired) electrons. The van der Waals surface area contributed by atoms with E-state index in [9.17, 15) is 22.4 Å². The second-order valence-corrected chi connectivity index (χ2v) is 7.74. The van der Waals surface area contributed by atoms with Crippen LogP contribution in [0.1, 0.15) is 22.8 Å². The van der Waals surface area contributed by atoms with Gasteiger partial charge in [-0.25, -0.2) is 13.6 Å². The monoisotopic (exact) mass is 480 g/mol. The third kappa shape index (κ3) is 4.89. The normalized spacial score (nSPS) is 10.8. The number of carbonyl (C=O) groups excluding carboxylic acids is 1. The second-order valence-electron chi connectivity index (χ2n) is 7.74. The highest BCUT2D eigenvalue weighted by molar-refractivity contribution is 5.91. The molecule has 0 aliphatic heterocycles. The fourth-order valence-corrected chi connectivity index (χ4v) is 3.53. The highest BCUT2D eigenvalue weighted by Gasteiger charge is 2.20. The second kappa shape index (κ2) is 10.0. The fourth-order valence-electron chi connectivity index (χ4n) is 3.53. The maximum absolute atomic E-state index is 14.9. The van der Waals surface area contributed by atoms with Crippen molar-refractivity contribution in [2.75, 3.05) is 6.61 Å². The minimum absolute atomic E-state index is 0.0120. The summed E-state index contributed by atoms with van der Waals surface area (Å²) in [5.74, 6) is -6.46. The number of carbonyl (C=O) groups is 1. The number of ether oxygens (including phenoxy) is 2. The minimum Gasteiger partial charge on any atom is -0.491 e. The number of rotatable bonds is 6. The quantitative estimate of drug-likeness (QED) is 0.163. The molecule has 4 rings (SSSR count). The van der Waals surface area contributed by atoms with Crippen LogP contribution in [0.2, 0.25) is 0 Å². The molecule has 0 aromatic heterocycles. The molecule has 4 aromatic rings. The van der Waals surface area contributed by atoms with E-state index in [2.05, 4.69) is 0 Å². The van der Waals surface area contributed by atoms with Gasteiger partial charge in [-0.2, -0.15) is 8.78 Å². The van der Waals surface area contributed by atoms with E-state index in [0.29, 0.717) is 11.1 Å². The Bertz CT molecular complexity index is 1380. The Morgan fingerprint density at radius 2 is 1.14 bits per heavy atom. The van der Waals surface area contributed by atoms with Crippen molar-refractivity contribution in [1.82, 2.24) is 0 Å². The van der Waals surface area contributed by atoms with Gasteiger partial charge in [0.1, 0.15) is 0 Å². The topological polar surface area (TPSA) is 35.5 Å². The van der Waals surface area contributed by atoms with Crippen molar-refractivity contribution < 1.29 is 31.8 Å². The van der Waals surface area contributed by atoms with Crippen LogP contribution < -0.4 is 9.47 Å². The summed E-state index contributed by atoms with van der Waals surface area (Å²) in [5.41, 5.74) is 2.04. The summed E-state index contributed by atoms with van der Waals surface area (Å²) in [5, 5.41) is 0. The SMILES string of the molecule is CCOc1ccc(OC(=O)c2ccc(-c3ccc(-c4ccc(C)cc4)c(F)c3F)cc2)c(F)c1F. The lowest BCUT2D eigenvalue weighted by Gasteiger charge is -2.11. The molecule has 178 valence electrons. The Kier molecular flexibility index (Phi) is 6.87. The molecule has 0 saturated heterocycles. The molecule has 0 spiro atoms. The summed E-state index contributed by atoms with van der Waals surface area (Å²) in [6.07, 6.45) is 0. The van der Waals surface area contributed by atoms with Crippen LogP contribution in [0, 0.1) is 30.2 Å². The number of esters is 1. The number of halogens is 4. The predicted molar refractivity (Wildman–Crippen MR) is 124 cm³/mol. The zero-order chi connectivity index (χ0) is 25.1. The van der Waals surface area contributed by atoms with Crippen molar-refractivity contribution in [3.8, 4) is 33.8 Å². The molecular formula is C28H20F4O3. The molecule has 4 aromatic carbocycles. The predicted octanol–water partition coefficient (Wildman–Crippen LogP) is 7.50. The third-order valence-electron chi connectivity index (χ3n) is 5.39. The zero-order valence-electron chi connectivity index (χ0n) is 18.9. The van der Waals surface area contributed by atoms with E-state index in [1.54, 1.807) is 19.1 Å². The van der Waals surface area contributed by atoms with Crippen LogP contribution >= 0.6 is 0 Å². The molecule has 0 bridgehead atoms. The van der Waals surface area contributed by atoms with E-state index in [4.69, 9.17) is 9.47 Å². The molecule has 0 aliphatic rings. The molecule has 7 heteroatoms. The first-order chi connectivity index (χ1) is 16.8. The van der Waals surface area contributed by atoms with Gasteiger partial charge in [0, 0.05) is 11.1 Å². The lowest BCUT2D eigenvalue weighted by atomic mass is 9.98. The summed E-state index contributed by atoms with van der Waals surface area (Å²) in [7, 11) is 0. The van der Waals surface area contributed by atoms with Crippen LogP contribution in [0.5, 0.6) is 11.5 Å². The van der Waals surface area contributed by atoms with Gasteiger partial charge in [-0.05, 0) is 49.2 Å². The number of benzene rings is 4. The summed E-state index contributed by atoms with van der Waals surface area (Å²) in [6, 6.07) is 17.7. The van der Waals surface area contributed by atoms with Crippen molar-refractivity contribution in [1.29, 1.82) is 0 Å². The lowest BCUT2D eigenvalue weighted by Crippen LogP contribution is -2.10. The first-order valence-electron chi connectivity index (χ1n) is 10.8. The van der Waals surface area contributed by atoms with Crippen molar-refractivity contribution in [2.45, 2.75) is 13.8 Å². The highest BCUT2D eigenvalue weighted by Crippen LogP contribution is 2.32. The van der Waals surface area contributed by atoms with Gasteiger partial charge in [0.25, 0.3) is 0 Å². The minimum atomic E-state index is -1.35. The third-order valence-corrected chi connectivity index (χ3v) is 5.39. The number of aryl methyl sites for hydroxylation is 1. The molecule has 0 fully saturated rings. The summed E-state index contributed by atoms with van der Waals surface area (Å²) in [4.78, 5) is 12.4. The van der Waals surface area contributed by atoms with Gasteiger partial charge in [0.2, 0.25) is 11.6 Å². The van der Waals surface area contributed by atoms with E-state index >= 15 is 0 Å². The van der Waals surface area contributed by atoms with Crippen LogP contribution in [0.15, 0.2) is 72.8 Å². The van der Waals surface area contributed by atoms with Gasteiger partial charge >= 0.3 is 5.97 Å². The maximum Gasteiger partial charge on any atom is 0.343 e. The van der Waals surface area contributed by atoms with Crippen LogP contribution in [-0.2, 0) is 0 Å². The van der Waals surface area contributed by atoms with E-state index < -0.39 is 35.0 Å². The largest absolute Gasteiger partial charge is 0.491 e. The van der Waals surface area contributed by atoms with Gasteiger partial charge in [-0.1, -0.05) is 54.1 Å². The van der Waals surface area contributed by atoms with E-state index in [1.807, 2.05) is 19.1 Å². The van der Waals surface area contributed by atoms with Crippen LogP contribution in [0.25, 0.3) is 22.3 Å². The van der Waals surface area contributed by atoms with Gasteiger partial charge in [-0.15, -0.1) is 0 Å². The Morgan fingerprint density at radius 1 is 0.657 bits per heavy atom. The average Bonchev–Trinajstić information content (AvgIpc) is 2.86. The van der Waals surface area contributed by atoms with Crippen molar-refractivity contribution in [3.63, 3.8) is 0 Å². The van der Waals surface area contributed by atoms with E-state index in [1.165, 1.54) is 36.4 Å². The number of hydrogen-bond acceptors (Lipinski definition) is 3. The fraction of sp³-hybridized carbons (Fsp3) is 0.107. The first-order valence-corrected chi connectivity index (χ1v) is 10.8. The van der Waals surface area contributed by atoms with Gasteiger partial charge < -0.3 is 9.47 Å². The standard InChI is InChI=1S/C28H20F4O3/c1-3-34-22-14-15-23(27(32)26(22)31)35-28(33)19-10-8-18(9-11-19)21-13-12-20(24(29)25(21)30)17-6-4-16(2)5-7-17/h4-15H,3H2,1-2H3. The first kappa shape index (κ1) is 24.0. The molecule has 3 nitrogen and oxygen atoms in total. The van der Waals surface area contributed by atoms with E-state index in [-0.39, 0.29) is 29.0 Å². The smallest absolute Gasteiger partial charge is 0.343 e. The van der Waals surface area contributed by atoms with Gasteiger partial charge in [0.05, 0.1) is 12.2 Å². The Hall–Kier alpha value is -4.13. The molecule has 0 N–H and O–H groups in total. The highest BCUT2D eigenvalue weighted by atomic mass is 19.2. The Balaban J connectivity index is 1.55.